The number of rotatable bonds is 2. The quantitative estimate of drug-likeness (QED) is 0.887. The molecule has 98 valence electrons. The Hall–Kier alpha value is -0.610. The fraction of sp³-hybridized carbons (Fsp3) is 0.571. The van der Waals surface area contributed by atoms with Gasteiger partial charge < -0.3 is 10.1 Å². The molecule has 1 aliphatic carbocycles. The van der Waals surface area contributed by atoms with E-state index in [4.69, 9.17) is 4.74 Å². The minimum Gasteiger partial charge on any atom is -0.381 e. The van der Waals surface area contributed by atoms with Gasteiger partial charge in [0.1, 0.15) is 5.82 Å². The van der Waals surface area contributed by atoms with E-state index in [2.05, 4.69) is 21.2 Å². The van der Waals surface area contributed by atoms with Gasteiger partial charge >= 0.3 is 0 Å². The lowest BCUT2D eigenvalue weighted by Crippen LogP contribution is -2.49. The zero-order valence-electron chi connectivity index (χ0n) is 10.2. The van der Waals surface area contributed by atoms with Crippen molar-refractivity contribution >= 4 is 21.6 Å². The van der Waals surface area contributed by atoms with Crippen LogP contribution in [0.1, 0.15) is 32.1 Å². The summed E-state index contributed by atoms with van der Waals surface area (Å²) in [6, 6.07) is 5.15. The first kappa shape index (κ1) is 12.4. The highest BCUT2D eigenvalue weighted by atomic mass is 79.9. The zero-order valence-corrected chi connectivity index (χ0v) is 11.8. The highest BCUT2D eigenvalue weighted by Crippen LogP contribution is 2.43. The van der Waals surface area contributed by atoms with Gasteiger partial charge in [0, 0.05) is 17.1 Å². The molecule has 1 saturated carbocycles. The molecule has 18 heavy (non-hydrogen) atoms. The molecular formula is C14H17BrFNO. The minimum absolute atomic E-state index is 0.121. The van der Waals surface area contributed by atoms with Crippen molar-refractivity contribution in [3.8, 4) is 0 Å². The van der Waals surface area contributed by atoms with Crippen LogP contribution in [0.3, 0.4) is 0 Å². The monoisotopic (exact) mass is 313 g/mol. The van der Waals surface area contributed by atoms with E-state index in [0.29, 0.717) is 6.04 Å². The molecule has 3 rings (SSSR count). The lowest BCUT2D eigenvalue weighted by Gasteiger charge is -2.47. The predicted octanol–water partition coefficient (Wildman–Crippen LogP) is 4.10. The molecule has 1 N–H and O–H groups in total. The summed E-state index contributed by atoms with van der Waals surface area (Å²) >= 11 is 3.46. The lowest BCUT2D eigenvalue weighted by atomic mass is 9.74. The van der Waals surface area contributed by atoms with E-state index in [0.717, 1.165) is 29.6 Å². The second kappa shape index (κ2) is 4.82. The molecule has 0 radical (unpaired) electrons. The van der Waals surface area contributed by atoms with Crippen LogP contribution in [0.4, 0.5) is 10.1 Å². The summed E-state index contributed by atoms with van der Waals surface area (Å²) in [6.07, 6.45) is 5.65. The number of hydrogen-bond donors (Lipinski definition) is 1. The number of hydrogen-bond acceptors (Lipinski definition) is 2. The molecule has 2 nitrogen and oxygen atoms in total. The van der Waals surface area contributed by atoms with E-state index in [1.54, 1.807) is 12.1 Å². The molecule has 1 aromatic carbocycles. The first-order valence-corrected chi connectivity index (χ1v) is 7.32. The Kier molecular flexibility index (Phi) is 3.32. The highest BCUT2D eigenvalue weighted by Gasteiger charge is 2.42. The van der Waals surface area contributed by atoms with Crippen LogP contribution in [-0.4, -0.2) is 18.2 Å². The van der Waals surface area contributed by atoms with Crippen molar-refractivity contribution in [1.82, 2.24) is 0 Å². The summed E-state index contributed by atoms with van der Waals surface area (Å²) in [5.41, 5.74) is 0.965. The van der Waals surface area contributed by atoms with E-state index in [9.17, 15) is 4.39 Å². The van der Waals surface area contributed by atoms with Crippen LogP contribution in [0.25, 0.3) is 0 Å². The molecule has 1 spiro atoms. The third-order valence-corrected chi connectivity index (χ3v) is 4.74. The maximum absolute atomic E-state index is 13.2. The second-order valence-electron chi connectivity index (χ2n) is 5.34. The standard InChI is InChI=1S/C14H17BrFNO/c15-12-3-2-10(16)8-13(12)17-11-4-7-18-14(9-11)5-1-6-14/h2-3,8,11,17H,1,4-7,9H2. The van der Waals surface area contributed by atoms with Gasteiger partial charge in [0.25, 0.3) is 0 Å². The maximum atomic E-state index is 13.2. The van der Waals surface area contributed by atoms with Crippen LogP contribution < -0.4 is 5.32 Å². The molecule has 1 heterocycles. The van der Waals surface area contributed by atoms with E-state index in [-0.39, 0.29) is 11.4 Å². The molecule has 4 heteroatoms. The van der Waals surface area contributed by atoms with Crippen molar-refractivity contribution in [2.45, 2.75) is 43.7 Å². The van der Waals surface area contributed by atoms with Crippen molar-refractivity contribution in [3.63, 3.8) is 0 Å². The van der Waals surface area contributed by atoms with Gasteiger partial charge in [-0.25, -0.2) is 4.39 Å². The van der Waals surface area contributed by atoms with E-state index in [1.807, 2.05) is 0 Å². The first-order chi connectivity index (χ1) is 8.67. The van der Waals surface area contributed by atoms with Crippen LogP contribution in [-0.2, 0) is 4.74 Å². The summed E-state index contributed by atoms with van der Waals surface area (Å²) in [5.74, 6) is -0.203. The fourth-order valence-corrected chi connectivity index (χ4v) is 3.26. The number of nitrogens with one attached hydrogen (secondary N) is 1. The van der Waals surface area contributed by atoms with Crippen molar-refractivity contribution in [3.05, 3.63) is 28.5 Å². The van der Waals surface area contributed by atoms with Gasteiger partial charge in [-0.3, -0.25) is 0 Å². The zero-order chi connectivity index (χ0) is 12.6. The Morgan fingerprint density at radius 2 is 2.22 bits per heavy atom. The third-order valence-electron chi connectivity index (χ3n) is 4.05. The molecule has 0 bridgehead atoms. The summed E-state index contributed by atoms with van der Waals surface area (Å²) in [7, 11) is 0. The fourth-order valence-electron chi connectivity index (χ4n) is 2.90. The smallest absolute Gasteiger partial charge is 0.125 e. The second-order valence-corrected chi connectivity index (χ2v) is 6.20. The normalized spacial score (nSPS) is 25.8. The Bertz CT molecular complexity index is 447. The van der Waals surface area contributed by atoms with Gasteiger partial charge in [0.15, 0.2) is 0 Å². The van der Waals surface area contributed by atoms with Gasteiger partial charge in [0.2, 0.25) is 0 Å². The van der Waals surface area contributed by atoms with Gasteiger partial charge in [-0.2, -0.15) is 0 Å². The average molecular weight is 314 g/mol. The molecule has 1 unspecified atom stereocenters. The third kappa shape index (κ3) is 2.41. The van der Waals surface area contributed by atoms with Crippen LogP contribution in [0.15, 0.2) is 22.7 Å². The topological polar surface area (TPSA) is 21.3 Å². The number of benzene rings is 1. The molecule has 2 fully saturated rings. The Balaban J connectivity index is 1.70. The molecular weight excluding hydrogens is 297 g/mol. The van der Waals surface area contributed by atoms with Crippen molar-refractivity contribution in [1.29, 1.82) is 0 Å². The van der Waals surface area contributed by atoms with Crippen LogP contribution >= 0.6 is 15.9 Å². The van der Waals surface area contributed by atoms with Crippen molar-refractivity contribution in [2.75, 3.05) is 11.9 Å². The molecule has 0 amide bonds. The molecule has 0 aromatic heterocycles. The SMILES string of the molecule is Fc1ccc(Br)c(NC2CCOC3(CCC3)C2)c1. The average Bonchev–Trinajstić information content (AvgIpc) is 2.32. The van der Waals surface area contributed by atoms with Crippen LogP contribution in [0.5, 0.6) is 0 Å². The molecule has 1 atom stereocenters. The number of anilines is 1. The predicted molar refractivity (Wildman–Crippen MR) is 73.3 cm³/mol. The summed E-state index contributed by atoms with van der Waals surface area (Å²) in [4.78, 5) is 0. The summed E-state index contributed by atoms with van der Waals surface area (Å²) < 4.78 is 20.1. The Morgan fingerprint density at radius 1 is 1.39 bits per heavy atom. The van der Waals surface area contributed by atoms with Gasteiger partial charge in [0.05, 0.1) is 11.3 Å². The lowest BCUT2D eigenvalue weighted by molar-refractivity contribution is -0.130. The highest BCUT2D eigenvalue weighted by molar-refractivity contribution is 9.10. The maximum Gasteiger partial charge on any atom is 0.125 e. The van der Waals surface area contributed by atoms with Gasteiger partial charge in [-0.15, -0.1) is 0 Å². The van der Waals surface area contributed by atoms with Crippen molar-refractivity contribution in [2.24, 2.45) is 0 Å². The van der Waals surface area contributed by atoms with Crippen LogP contribution in [0.2, 0.25) is 0 Å². The summed E-state index contributed by atoms with van der Waals surface area (Å²) in [5, 5.41) is 3.45. The largest absolute Gasteiger partial charge is 0.381 e. The van der Waals surface area contributed by atoms with E-state index in [1.165, 1.54) is 25.3 Å². The van der Waals surface area contributed by atoms with Gasteiger partial charge in [-0.05, 0) is 66.2 Å². The van der Waals surface area contributed by atoms with E-state index >= 15 is 0 Å². The Morgan fingerprint density at radius 3 is 2.94 bits per heavy atom. The first-order valence-electron chi connectivity index (χ1n) is 6.52. The molecule has 1 aromatic rings. The van der Waals surface area contributed by atoms with E-state index < -0.39 is 0 Å². The molecule has 1 aliphatic heterocycles. The van der Waals surface area contributed by atoms with Gasteiger partial charge in [-0.1, -0.05) is 0 Å². The number of halogens is 2. The van der Waals surface area contributed by atoms with Crippen molar-refractivity contribution < 1.29 is 9.13 Å². The summed E-state index contributed by atoms with van der Waals surface area (Å²) in [6.45, 7) is 0.810. The molecule has 1 saturated heterocycles. The minimum atomic E-state index is -0.203. The Labute approximate surface area is 115 Å². The molecule has 2 aliphatic rings. The number of ether oxygens (including phenoxy) is 1. The van der Waals surface area contributed by atoms with Crippen LogP contribution in [0, 0.1) is 5.82 Å².